The average molecular weight is 331 g/mol. The highest BCUT2D eigenvalue weighted by molar-refractivity contribution is 5.56. The Hall–Kier alpha value is -1.56. The molecule has 5 heteroatoms. The molecule has 0 amide bonds. The molecule has 0 saturated heterocycles. The maximum Gasteiger partial charge on any atom is 0.161 e. The molecule has 1 N–H and O–H groups in total. The highest BCUT2D eigenvalue weighted by Crippen LogP contribution is 2.55. The summed E-state index contributed by atoms with van der Waals surface area (Å²) in [6.07, 6.45) is 5.08. The Labute approximate surface area is 142 Å². The molecule has 2 heterocycles. The van der Waals surface area contributed by atoms with E-state index in [1.807, 2.05) is 6.07 Å². The monoisotopic (exact) mass is 331 g/mol. The van der Waals surface area contributed by atoms with Crippen molar-refractivity contribution in [3.05, 3.63) is 34.9 Å². The van der Waals surface area contributed by atoms with Gasteiger partial charge in [0.15, 0.2) is 11.5 Å². The van der Waals surface area contributed by atoms with Crippen molar-refractivity contribution in [1.82, 2.24) is 4.90 Å². The number of aliphatic hydroxyl groups is 1. The fourth-order valence-corrected chi connectivity index (χ4v) is 4.79. The summed E-state index contributed by atoms with van der Waals surface area (Å²) in [4.78, 5) is 2.40. The van der Waals surface area contributed by atoms with Gasteiger partial charge >= 0.3 is 0 Å². The molecule has 130 valence electrons. The second-order valence-electron chi connectivity index (χ2n) is 6.91. The number of rotatable bonds is 3. The van der Waals surface area contributed by atoms with Gasteiger partial charge in [-0.3, -0.25) is 4.90 Å². The molecular formula is C19H25NO4. The van der Waals surface area contributed by atoms with E-state index in [1.54, 1.807) is 21.3 Å². The molecule has 3 aliphatic rings. The minimum absolute atomic E-state index is 0.174. The predicted octanol–water partition coefficient (Wildman–Crippen LogP) is 2.39. The third-order valence-electron chi connectivity index (χ3n) is 5.97. The summed E-state index contributed by atoms with van der Waals surface area (Å²) in [5.41, 5.74) is 3.38. The Morgan fingerprint density at radius 2 is 1.92 bits per heavy atom. The lowest BCUT2D eigenvalue weighted by Crippen LogP contribution is -2.53. The van der Waals surface area contributed by atoms with Crippen molar-refractivity contribution in [2.24, 2.45) is 0 Å². The fourth-order valence-electron chi connectivity index (χ4n) is 4.79. The molecule has 1 fully saturated rings. The molecule has 3 unspecified atom stereocenters. The molecule has 2 aliphatic heterocycles. The quantitative estimate of drug-likeness (QED) is 0.862. The number of fused-ring (bicyclic) bond motifs is 1. The molecule has 1 spiro atoms. The first-order valence-corrected chi connectivity index (χ1v) is 8.56. The first-order chi connectivity index (χ1) is 11.6. The Balaban J connectivity index is 1.91. The van der Waals surface area contributed by atoms with Crippen LogP contribution in [0, 0.1) is 0 Å². The van der Waals surface area contributed by atoms with Crippen molar-refractivity contribution in [1.29, 1.82) is 0 Å². The minimum atomic E-state index is -0.513. The molecule has 24 heavy (non-hydrogen) atoms. The maximum absolute atomic E-state index is 10.7. The molecular weight excluding hydrogens is 306 g/mol. The summed E-state index contributed by atoms with van der Waals surface area (Å²) in [6, 6.07) is 4.00. The van der Waals surface area contributed by atoms with Crippen LogP contribution in [0.15, 0.2) is 23.8 Å². The number of ether oxygens (including phenoxy) is 3. The second-order valence-corrected chi connectivity index (χ2v) is 6.91. The zero-order valence-electron chi connectivity index (χ0n) is 14.5. The normalized spacial score (nSPS) is 31.8. The van der Waals surface area contributed by atoms with E-state index in [9.17, 15) is 5.11 Å². The molecule has 1 aromatic carbocycles. The average Bonchev–Trinajstić information content (AvgIpc) is 2.99. The predicted molar refractivity (Wildman–Crippen MR) is 90.5 cm³/mol. The van der Waals surface area contributed by atoms with Crippen LogP contribution >= 0.6 is 0 Å². The first-order valence-electron chi connectivity index (χ1n) is 8.56. The van der Waals surface area contributed by atoms with Gasteiger partial charge in [0.1, 0.15) is 0 Å². The highest BCUT2D eigenvalue weighted by Gasteiger charge is 2.53. The lowest BCUT2D eigenvalue weighted by atomic mass is 9.68. The first kappa shape index (κ1) is 15.9. The Kier molecular flexibility index (Phi) is 3.82. The maximum atomic E-state index is 10.7. The molecule has 4 rings (SSSR count). The van der Waals surface area contributed by atoms with E-state index in [0.717, 1.165) is 36.9 Å². The van der Waals surface area contributed by atoms with Gasteiger partial charge in [0, 0.05) is 26.6 Å². The summed E-state index contributed by atoms with van der Waals surface area (Å²) >= 11 is 0. The third kappa shape index (κ3) is 2.05. The van der Waals surface area contributed by atoms with E-state index in [0.29, 0.717) is 18.0 Å². The van der Waals surface area contributed by atoms with Crippen molar-refractivity contribution in [3.63, 3.8) is 0 Å². The Morgan fingerprint density at radius 3 is 2.62 bits per heavy atom. The van der Waals surface area contributed by atoms with Gasteiger partial charge in [0.2, 0.25) is 0 Å². The number of benzene rings is 1. The second kappa shape index (κ2) is 5.76. The lowest BCUT2D eigenvalue weighted by molar-refractivity contribution is -0.0163. The van der Waals surface area contributed by atoms with E-state index in [2.05, 4.69) is 17.0 Å². The van der Waals surface area contributed by atoms with Gasteiger partial charge in [0.25, 0.3) is 0 Å². The summed E-state index contributed by atoms with van der Waals surface area (Å²) in [5.74, 6) is 1.38. The standard InChI is InChI=1S/C19H25NO4/c1-22-13-5-4-12-6-7-20-11-16(21)14-8-17(23-2)18(24-3)9-15(14)19(12,20)10-13/h6,8-9,13,16,21H,4-5,7,10-11H2,1-3H3. The van der Waals surface area contributed by atoms with Crippen molar-refractivity contribution in [2.45, 2.75) is 37.0 Å². The molecule has 1 aliphatic carbocycles. The van der Waals surface area contributed by atoms with E-state index in [-0.39, 0.29) is 11.6 Å². The van der Waals surface area contributed by atoms with Crippen molar-refractivity contribution in [2.75, 3.05) is 34.4 Å². The van der Waals surface area contributed by atoms with Gasteiger partial charge in [-0.15, -0.1) is 0 Å². The minimum Gasteiger partial charge on any atom is -0.493 e. The molecule has 0 radical (unpaired) electrons. The van der Waals surface area contributed by atoms with Crippen LogP contribution in [0.1, 0.15) is 36.5 Å². The van der Waals surface area contributed by atoms with Gasteiger partial charge in [-0.2, -0.15) is 0 Å². The Bertz CT molecular complexity index is 686. The van der Waals surface area contributed by atoms with Crippen LogP contribution in [-0.4, -0.2) is 50.5 Å². The van der Waals surface area contributed by atoms with Crippen LogP contribution in [0.3, 0.4) is 0 Å². The van der Waals surface area contributed by atoms with Crippen LogP contribution < -0.4 is 9.47 Å². The van der Waals surface area contributed by atoms with Crippen molar-refractivity contribution < 1.29 is 19.3 Å². The van der Waals surface area contributed by atoms with Crippen LogP contribution in [0.2, 0.25) is 0 Å². The zero-order chi connectivity index (χ0) is 16.9. The van der Waals surface area contributed by atoms with Crippen molar-refractivity contribution >= 4 is 0 Å². The smallest absolute Gasteiger partial charge is 0.161 e. The lowest BCUT2D eigenvalue weighted by Gasteiger charge is -2.51. The molecule has 1 saturated carbocycles. The molecule has 0 aromatic heterocycles. The van der Waals surface area contributed by atoms with Gasteiger partial charge in [0.05, 0.1) is 32.0 Å². The summed E-state index contributed by atoms with van der Waals surface area (Å²) in [5, 5.41) is 10.7. The number of nitrogens with zero attached hydrogens (tertiary/aromatic N) is 1. The molecule has 5 nitrogen and oxygen atoms in total. The molecule has 1 aromatic rings. The van der Waals surface area contributed by atoms with Crippen molar-refractivity contribution in [3.8, 4) is 11.5 Å². The topological polar surface area (TPSA) is 51.2 Å². The summed E-state index contributed by atoms with van der Waals surface area (Å²) < 4.78 is 16.7. The van der Waals surface area contributed by atoms with Gasteiger partial charge in [-0.1, -0.05) is 6.08 Å². The van der Waals surface area contributed by atoms with Crippen LogP contribution in [0.4, 0.5) is 0 Å². The molecule has 0 bridgehead atoms. The van der Waals surface area contributed by atoms with E-state index in [4.69, 9.17) is 14.2 Å². The fraction of sp³-hybridized carbons (Fsp3) is 0.579. The largest absolute Gasteiger partial charge is 0.493 e. The summed E-state index contributed by atoms with van der Waals surface area (Å²) in [6.45, 7) is 1.52. The van der Waals surface area contributed by atoms with Gasteiger partial charge in [-0.25, -0.2) is 0 Å². The number of hydrogen-bond donors (Lipinski definition) is 1. The Morgan fingerprint density at radius 1 is 1.17 bits per heavy atom. The van der Waals surface area contributed by atoms with Crippen LogP contribution in [0.25, 0.3) is 0 Å². The number of aliphatic hydroxyl groups excluding tert-OH is 1. The third-order valence-corrected chi connectivity index (χ3v) is 5.97. The SMILES string of the molecule is COc1cc2c(cc1OC)C13CC(OC)CCC1=CCN3CC2O. The highest BCUT2D eigenvalue weighted by atomic mass is 16.5. The van der Waals surface area contributed by atoms with E-state index < -0.39 is 6.10 Å². The van der Waals surface area contributed by atoms with Gasteiger partial charge in [-0.05, 0) is 41.7 Å². The number of methoxy groups -OCH3 is 3. The van der Waals surface area contributed by atoms with Crippen LogP contribution in [0.5, 0.6) is 11.5 Å². The number of hydrogen-bond acceptors (Lipinski definition) is 5. The summed E-state index contributed by atoms with van der Waals surface area (Å²) in [7, 11) is 5.08. The van der Waals surface area contributed by atoms with Crippen LogP contribution in [-0.2, 0) is 10.3 Å². The van der Waals surface area contributed by atoms with E-state index in [1.165, 1.54) is 5.57 Å². The van der Waals surface area contributed by atoms with E-state index >= 15 is 0 Å². The molecule has 3 atom stereocenters. The zero-order valence-corrected chi connectivity index (χ0v) is 14.5. The van der Waals surface area contributed by atoms with Gasteiger partial charge < -0.3 is 19.3 Å².